The van der Waals surface area contributed by atoms with Crippen LogP contribution in [0.3, 0.4) is 0 Å². The molecule has 0 rings (SSSR count). The minimum Gasteiger partial charge on any atom is -0.481 e. The van der Waals surface area contributed by atoms with Crippen molar-refractivity contribution in [1.29, 1.82) is 0 Å². The van der Waals surface area contributed by atoms with Gasteiger partial charge in [-0.2, -0.15) is 0 Å². The highest BCUT2D eigenvalue weighted by Crippen LogP contribution is 2.05. The summed E-state index contributed by atoms with van der Waals surface area (Å²) in [5.74, 6) is -2.33. The molecule has 1 unspecified atom stereocenters. The van der Waals surface area contributed by atoms with Crippen molar-refractivity contribution in [2.24, 2.45) is 0 Å². The van der Waals surface area contributed by atoms with Crippen molar-refractivity contribution in [3.63, 3.8) is 0 Å². The Balaban J connectivity index is 4.52. The highest BCUT2D eigenvalue weighted by molar-refractivity contribution is 5.70. The lowest BCUT2D eigenvalue weighted by molar-refractivity contribution is -0.258. The smallest absolute Gasteiger partial charge is 0.317 e. The van der Waals surface area contributed by atoms with E-state index in [0.717, 1.165) is 0 Å². The second kappa shape index (κ2) is 8.84. The molecule has 0 heterocycles. The first-order chi connectivity index (χ1) is 8.01. The zero-order chi connectivity index (χ0) is 13.3. The third-order valence-electron chi connectivity index (χ3n) is 2.00. The van der Waals surface area contributed by atoms with Gasteiger partial charge in [0.05, 0.1) is 26.2 Å². The fourth-order valence-electron chi connectivity index (χ4n) is 1.30. The van der Waals surface area contributed by atoms with Crippen LogP contribution in [0.25, 0.3) is 0 Å². The van der Waals surface area contributed by atoms with Gasteiger partial charge in [0.15, 0.2) is 0 Å². The molecule has 1 atom stereocenters. The molecule has 0 aromatic heterocycles. The van der Waals surface area contributed by atoms with E-state index in [1.807, 2.05) is 0 Å². The van der Waals surface area contributed by atoms with Crippen LogP contribution in [0, 0.1) is 0 Å². The summed E-state index contributed by atoms with van der Waals surface area (Å²) >= 11 is 0. The van der Waals surface area contributed by atoms with Crippen molar-refractivity contribution in [3.05, 3.63) is 0 Å². The maximum Gasteiger partial charge on any atom is 0.317 e. The molecule has 4 N–H and O–H groups in total. The molecule has 0 spiro atoms. The average molecular weight is 253 g/mol. The summed E-state index contributed by atoms with van der Waals surface area (Å²) in [5.41, 5.74) is 0. The molecule has 0 saturated carbocycles. The van der Waals surface area contributed by atoms with E-state index in [-0.39, 0.29) is 19.8 Å². The quantitative estimate of drug-likeness (QED) is 0.291. The lowest BCUT2D eigenvalue weighted by Crippen LogP contribution is -2.44. The van der Waals surface area contributed by atoms with Gasteiger partial charge in [-0.05, 0) is 0 Å². The second-order valence-electron chi connectivity index (χ2n) is 3.24. The van der Waals surface area contributed by atoms with Crippen molar-refractivity contribution in [2.45, 2.75) is 12.5 Å². The maximum absolute atomic E-state index is 10.6. The molecule has 0 aromatic rings. The number of rotatable bonds is 10. The first-order valence-electron chi connectivity index (χ1n) is 4.71. The molecule has 9 nitrogen and oxygen atoms in total. The summed E-state index contributed by atoms with van der Waals surface area (Å²) in [6.45, 7) is -1.01. The Morgan fingerprint density at radius 1 is 1.12 bits per heavy atom. The van der Waals surface area contributed by atoms with Crippen LogP contribution >= 0.6 is 0 Å². The van der Waals surface area contributed by atoms with Gasteiger partial charge < -0.3 is 10.2 Å². The van der Waals surface area contributed by atoms with Crippen molar-refractivity contribution in [1.82, 2.24) is 4.90 Å². The third-order valence-corrected chi connectivity index (χ3v) is 2.00. The van der Waals surface area contributed by atoms with Gasteiger partial charge in [0.1, 0.15) is 0 Å². The number of carboxylic acid groups (broad SMARTS) is 2. The van der Waals surface area contributed by atoms with Gasteiger partial charge in [-0.1, -0.05) is 0 Å². The van der Waals surface area contributed by atoms with Gasteiger partial charge in [0, 0.05) is 12.6 Å². The normalized spacial score (nSPS) is 12.6. The summed E-state index contributed by atoms with van der Waals surface area (Å²) in [5, 5.41) is 33.7. The Kier molecular flexibility index (Phi) is 8.19. The minimum atomic E-state index is -1.17. The van der Waals surface area contributed by atoms with Gasteiger partial charge in [0.25, 0.3) is 0 Å². The minimum absolute atomic E-state index is 0.00981. The lowest BCUT2D eigenvalue weighted by Gasteiger charge is -2.27. The Bertz CT molecular complexity index is 246. The Hall–Kier alpha value is -1.26. The van der Waals surface area contributed by atoms with Crippen molar-refractivity contribution in [2.75, 3.05) is 26.3 Å². The molecule has 100 valence electrons. The molecule has 0 bridgehead atoms. The van der Waals surface area contributed by atoms with E-state index in [1.54, 1.807) is 0 Å². The highest BCUT2D eigenvalue weighted by Gasteiger charge is 2.23. The number of carbonyl (C=O) groups is 2. The summed E-state index contributed by atoms with van der Waals surface area (Å²) < 4.78 is 0. The number of hydrogen-bond donors (Lipinski definition) is 4. The van der Waals surface area contributed by atoms with Crippen molar-refractivity contribution < 1.29 is 40.1 Å². The van der Waals surface area contributed by atoms with Crippen molar-refractivity contribution >= 4 is 11.9 Å². The fraction of sp³-hybridized carbons (Fsp3) is 0.750. The van der Waals surface area contributed by atoms with Crippen LogP contribution in [0.4, 0.5) is 0 Å². The molecule has 9 heteroatoms. The van der Waals surface area contributed by atoms with Gasteiger partial charge in [-0.25, -0.2) is 9.78 Å². The molecule has 0 saturated heterocycles. The number of carboxylic acids is 2. The molecule has 0 radical (unpaired) electrons. The Morgan fingerprint density at radius 2 is 1.76 bits per heavy atom. The van der Waals surface area contributed by atoms with Crippen LogP contribution in [-0.4, -0.2) is 69.9 Å². The van der Waals surface area contributed by atoms with E-state index in [4.69, 9.17) is 20.7 Å². The Labute approximate surface area is 96.6 Å². The standard InChI is InChI=1S/C8H15NO8/c10-7(11)3-6(5-17-15)9(1-2-16-14)4-8(12)13/h6,14-15H,1-5H2,(H,10,11)(H,12,13). The van der Waals surface area contributed by atoms with Gasteiger partial charge in [0.2, 0.25) is 0 Å². The fourth-order valence-corrected chi connectivity index (χ4v) is 1.30. The summed E-state index contributed by atoms with van der Waals surface area (Å²) in [6, 6.07) is -0.830. The monoisotopic (exact) mass is 253 g/mol. The lowest BCUT2D eigenvalue weighted by atomic mass is 10.2. The van der Waals surface area contributed by atoms with Crippen LogP contribution in [0.2, 0.25) is 0 Å². The average Bonchev–Trinajstić information content (AvgIpc) is 2.22. The highest BCUT2D eigenvalue weighted by atomic mass is 17.1. The van der Waals surface area contributed by atoms with Gasteiger partial charge in [-0.15, -0.1) is 0 Å². The van der Waals surface area contributed by atoms with Crippen LogP contribution in [0.5, 0.6) is 0 Å². The SMILES string of the molecule is O=C(O)CC(COO)N(CCOO)CC(=O)O. The predicted molar refractivity (Wildman–Crippen MR) is 52.4 cm³/mol. The van der Waals surface area contributed by atoms with Crippen LogP contribution in [0.1, 0.15) is 6.42 Å². The van der Waals surface area contributed by atoms with E-state index in [9.17, 15) is 9.59 Å². The molecule has 0 aliphatic heterocycles. The van der Waals surface area contributed by atoms with Crippen LogP contribution in [-0.2, 0) is 19.4 Å². The van der Waals surface area contributed by atoms with Crippen molar-refractivity contribution in [3.8, 4) is 0 Å². The van der Waals surface area contributed by atoms with E-state index in [2.05, 4.69) is 9.78 Å². The summed E-state index contributed by atoms with van der Waals surface area (Å²) in [7, 11) is 0. The van der Waals surface area contributed by atoms with E-state index < -0.39 is 30.9 Å². The number of aliphatic carboxylic acids is 2. The second-order valence-corrected chi connectivity index (χ2v) is 3.24. The Morgan fingerprint density at radius 3 is 2.18 bits per heavy atom. The molecular weight excluding hydrogens is 238 g/mol. The maximum atomic E-state index is 10.6. The van der Waals surface area contributed by atoms with E-state index in [0.29, 0.717) is 0 Å². The zero-order valence-corrected chi connectivity index (χ0v) is 8.98. The molecule has 0 amide bonds. The van der Waals surface area contributed by atoms with Crippen LogP contribution in [0.15, 0.2) is 0 Å². The molecule has 0 aliphatic rings. The van der Waals surface area contributed by atoms with Gasteiger partial charge in [-0.3, -0.25) is 25.0 Å². The molecule has 0 fully saturated rings. The van der Waals surface area contributed by atoms with E-state index >= 15 is 0 Å². The van der Waals surface area contributed by atoms with Gasteiger partial charge >= 0.3 is 11.9 Å². The summed E-state index contributed by atoms with van der Waals surface area (Å²) in [4.78, 5) is 30.0. The molecular formula is C8H15NO8. The number of nitrogens with zero attached hydrogens (tertiary/aromatic N) is 1. The van der Waals surface area contributed by atoms with Crippen LogP contribution < -0.4 is 0 Å². The molecule has 0 aliphatic carbocycles. The first kappa shape index (κ1) is 15.7. The number of hydrogen-bond acceptors (Lipinski definition) is 7. The third kappa shape index (κ3) is 7.60. The predicted octanol–water partition coefficient (Wildman–Crippen LogP) is -0.804. The zero-order valence-electron chi connectivity index (χ0n) is 8.98. The topological polar surface area (TPSA) is 137 Å². The molecule has 0 aromatic carbocycles. The van der Waals surface area contributed by atoms with E-state index in [1.165, 1.54) is 4.90 Å². The molecule has 17 heavy (non-hydrogen) atoms. The largest absolute Gasteiger partial charge is 0.481 e. The summed E-state index contributed by atoms with van der Waals surface area (Å²) in [6.07, 6.45) is -0.404. The first-order valence-corrected chi connectivity index (χ1v) is 4.71.